The number of thioether (sulfide) groups is 8. The Kier molecular flexibility index (Phi) is 41.6. The number of fused-ring (bicyclic) bond motifs is 28. The number of hydrogen-bond acceptors (Lipinski definition) is 14. The Labute approximate surface area is 446 Å². The average Bonchev–Trinajstić information content (AvgIpc) is 3.33. The molecule has 2 bridgehead atoms. The van der Waals surface area contributed by atoms with Crippen LogP contribution in [0.5, 0.6) is 0 Å². The fraction of sp³-hybridized carbons (Fsp3) is 0.740. The average molecular weight is 1090 g/mol. The van der Waals surface area contributed by atoms with Crippen molar-refractivity contribution in [3.05, 3.63) is 48.0 Å². The maximum Gasteiger partial charge on any atom is 0.223 e. The minimum Gasteiger partial charge on any atom is -0.396 e. The molecule has 10 nitrogen and oxygen atoms in total. The van der Waals surface area contributed by atoms with Crippen molar-refractivity contribution in [1.82, 2.24) is 19.6 Å². The molecule has 0 N–H and O–H groups in total. The molecular formula is C50H85N5O5S8. The molecule has 0 atom stereocenters. The minimum atomic E-state index is 0.180. The molecule has 1 aromatic rings. The molecule has 2 heterocycles. The molecule has 2 aliphatic rings. The molecule has 0 aliphatic carbocycles. The molecule has 18 heteroatoms. The van der Waals surface area contributed by atoms with E-state index in [4.69, 9.17) is 4.84 Å². The summed E-state index contributed by atoms with van der Waals surface area (Å²) < 4.78 is 0. The van der Waals surface area contributed by atoms with Gasteiger partial charge in [0, 0.05) is 103 Å². The van der Waals surface area contributed by atoms with Gasteiger partial charge in [0.05, 0.1) is 6.21 Å². The topological polar surface area (TPSA) is 103 Å². The summed E-state index contributed by atoms with van der Waals surface area (Å²) in [6.45, 7) is 7.89. The van der Waals surface area contributed by atoms with Crippen molar-refractivity contribution < 1.29 is 24.0 Å². The van der Waals surface area contributed by atoms with Crippen molar-refractivity contribution >= 4 is 124 Å². The van der Waals surface area contributed by atoms with Crippen LogP contribution in [0.4, 0.5) is 0 Å². The van der Waals surface area contributed by atoms with Gasteiger partial charge in [-0.25, -0.2) is 0 Å². The Morgan fingerprint density at radius 1 is 0.676 bits per heavy atom. The van der Waals surface area contributed by atoms with Gasteiger partial charge < -0.3 is 24.4 Å². The first-order valence-electron chi connectivity index (χ1n) is 24.7. The van der Waals surface area contributed by atoms with E-state index in [2.05, 4.69) is 36.0 Å². The lowest BCUT2D eigenvalue weighted by Gasteiger charge is -2.23. The van der Waals surface area contributed by atoms with E-state index in [9.17, 15) is 19.2 Å². The fourth-order valence-corrected chi connectivity index (χ4v) is 14.3. The van der Waals surface area contributed by atoms with E-state index in [0.717, 1.165) is 174 Å². The van der Waals surface area contributed by atoms with Crippen molar-refractivity contribution in [3.63, 3.8) is 0 Å². The van der Waals surface area contributed by atoms with Crippen LogP contribution in [0.2, 0.25) is 0 Å². The normalized spacial score (nSPS) is 16.9. The smallest absolute Gasteiger partial charge is 0.223 e. The van der Waals surface area contributed by atoms with E-state index in [1.807, 2.05) is 130 Å². The summed E-state index contributed by atoms with van der Waals surface area (Å²) in [5, 5.41) is 4.19. The molecule has 0 unspecified atom stereocenters. The van der Waals surface area contributed by atoms with Crippen LogP contribution in [-0.4, -0.2) is 195 Å². The standard InChI is InChI=1S/C50H85N5O5S8/c1-5-22-52(2)47(56)18-39-65-35-10-31-61-27-6-23-53(3)48(57)19-40-66-36-12-33-63-29-8-25-55-44-46-16-14-45(15-17-46)43-51-60-26-9-30-64-34-13-37-67-41-20-49(58)54(4)24-7-28-62-32-11-38-68-42-21-50(55)59/h5,14-17,43H,1,6-13,18-42,44H2,2-4H3/b51-43-. The van der Waals surface area contributed by atoms with Gasteiger partial charge in [0.15, 0.2) is 0 Å². The van der Waals surface area contributed by atoms with Gasteiger partial charge in [-0.05, 0) is 132 Å². The molecule has 0 saturated heterocycles. The number of carbonyl (C=O) groups excluding carboxylic acids is 4. The van der Waals surface area contributed by atoms with Crippen molar-refractivity contribution in [2.75, 3.05) is 146 Å². The molecule has 0 radical (unpaired) electrons. The predicted molar refractivity (Wildman–Crippen MR) is 313 cm³/mol. The van der Waals surface area contributed by atoms with Gasteiger partial charge in [0.25, 0.3) is 0 Å². The number of nitrogens with zero attached hydrogens (tertiary/aromatic N) is 5. The summed E-state index contributed by atoms with van der Waals surface area (Å²) in [5.74, 6) is 17.4. The third-order valence-corrected chi connectivity index (χ3v) is 19.5. The van der Waals surface area contributed by atoms with Gasteiger partial charge >= 0.3 is 0 Å². The second-order valence-corrected chi connectivity index (χ2v) is 26.3. The second kappa shape index (κ2) is 44.8. The van der Waals surface area contributed by atoms with Crippen molar-refractivity contribution in [2.24, 2.45) is 5.16 Å². The molecule has 0 spiro atoms. The molecule has 1 aromatic carbocycles. The maximum atomic E-state index is 13.6. The van der Waals surface area contributed by atoms with Crippen LogP contribution in [0.25, 0.3) is 0 Å². The zero-order chi connectivity index (χ0) is 49.1. The van der Waals surface area contributed by atoms with E-state index >= 15 is 0 Å². The number of amides is 4. The molecule has 388 valence electrons. The number of hydrogen-bond donors (Lipinski definition) is 0. The van der Waals surface area contributed by atoms with E-state index in [1.54, 1.807) is 17.2 Å². The number of carbonyl (C=O) groups is 4. The number of likely N-dealkylation sites (N-methyl/N-ethyl adjacent to an activating group) is 1. The molecule has 68 heavy (non-hydrogen) atoms. The lowest BCUT2D eigenvalue weighted by molar-refractivity contribution is -0.131. The van der Waals surface area contributed by atoms with E-state index in [1.165, 1.54) is 0 Å². The van der Waals surface area contributed by atoms with Crippen LogP contribution < -0.4 is 0 Å². The number of rotatable bonds is 24. The Morgan fingerprint density at radius 3 is 1.81 bits per heavy atom. The number of oxime groups is 1. The third-order valence-electron chi connectivity index (χ3n) is 10.6. The van der Waals surface area contributed by atoms with Gasteiger partial charge in [0.2, 0.25) is 23.6 Å². The molecule has 4 amide bonds. The van der Waals surface area contributed by atoms with Crippen LogP contribution in [0, 0.1) is 0 Å². The fourth-order valence-electron chi connectivity index (χ4n) is 6.55. The summed E-state index contributed by atoms with van der Waals surface area (Å²) in [6, 6.07) is 8.31. The summed E-state index contributed by atoms with van der Waals surface area (Å²) >= 11 is 15.3. The molecule has 0 saturated carbocycles. The van der Waals surface area contributed by atoms with Crippen LogP contribution >= 0.6 is 94.1 Å². The van der Waals surface area contributed by atoms with Gasteiger partial charge in [-0.2, -0.15) is 94.1 Å². The number of benzene rings is 1. The quantitative estimate of drug-likeness (QED) is 0.0726. The van der Waals surface area contributed by atoms with E-state index in [-0.39, 0.29) is 23.6 Å². The molecule has 2 aliphatic heterocycles. The highest BCUT2D eigenvalue weighted by Crippen LogP contribution is 2.17. The Hall–Kier alpha value is -0.890. The van der Waals surface area contributed by atoms with Gasteiger partial charge in [-0.1, -0.05) is 35.5 Å². The zero-order valence-electron chi connectivity index (χ0n) is 41.8. The highest BCUT2D eigenvalue weighted by molar-refractivity contribution is 8.01. The zero-order valence-corrected chi connectivity index (χ0v) is 48.3. The van der Waals surface area contributed by atoms with Crippen molar-refractivity contribution in [2.45, 2.75) is 83.6 Å². The largest absolute Gasteiger partial charge is 0.396 e. The highest BCUT2D eigenvalue weighted by Gasteiger charge is 2.15. The van der Waals surface area contributed by atoms with E-state index < -0.39 is 0 Å². The predicted octanol–water partition coefficient (Wildman–Crippen LogP) is 10.5. The summed E-state index contributed by atoms with van der Waals surface area (Å²) in [5.41, 5.74) is 2.11. The third kappa shape index (κ3) is 35.3. The van der Waals surface area contributed by atoms with Gasteiger partial charge in [-0.15, -0.1) is 6.58 Å². The van der Waals surface area contributed by atoms with Crippen LogP contribution in [0.15, 0.2) is 42.1 Å². The first-order valence-corrected chi connectivity index (χ1v) is 33.9. The van der Waals surface area contributed by atoms with Gasteiger partial charge in [-0.3, -0.25) is 19.2 Å². The minimum absolute atomic E-state index is 0.180. The Balaban J connectivity index is 1.65. The SMILES string of the molecule is C=CCN(C)C(=O)CCSCCCSCCCN(C)C(=O)CCSCCCSCCCN1Cc2ccc(cc2)/C=N\OCCCSCCCSCCC(=O)N(C)CCCSCCCSCCC1=O. The summed E-state index contributed by atoms with van der Waals surface area (Å²) in [6.07, 6.45) is 14.4. The van der Waals surface area contributed by atoms with Crippen molar-refractivity contribution in [1.29, 1.82) is 0 Å². The molecule has 3 rings (SSSR count). The lowest BCUT2D eigenvalue weighted by atomic mass is 10.1. The molecule has 0 fully saturated rings. The first-order chi connectivity index (χ1) is 33.2. The summed E-state index contributed by atoms with van der Waals surface area (Å²) in [4.78, 5) is 63.9. The Bertz CT molecular complexity index is 1500. The Morgan fingerprint density at radius 2 is 1.19 bits per heavy atom. The van der Waals surface area contributed by atoms with Crippen molar-refractivity contribution in [3.8, 4) is 0 Å². The molecule has 0 aromatic heterocycles. The first kappa shape index (κ1) is 63.2. The van der Waals surface area contributed by atoms with Gasteiger partial charge in [0.1, 0.15) is 6.61 Å². The highest BCUT2D eigenvalue weighted by atomic mass is 32.2. The van der Waals surface area contributed by atoms with Crippen LogP contribution in [0.1, 0.15) is 88.2 Å². The maximum absolute atomic E-state index is 13.6. The van der Waals surface area contributed by atoms with Crippen LogP contribution in [-0.2, 0) is 30.6 Å². The lowest BCUT2D eigenvalue weighted by Crippen LogP contribution is -2.32. The summed E-state index contributed by atoms with van der Waals surface area (Å²) in [7, 11) is 5.69. The monoisotopic (exact) mass is 1090 g/mol. The second-order valence-electron chi connectivity index (χ2n) is 16.5. The van der Waals surface area contributed by atoms with Crippen LogP contribution in [0.3, 0.4) is 0 Å². The van der Waals surface area contributed by atoms with E-state index in [0.29, 0.717) is 45.4 Å². The molecular weight excluding hydrogens is 1010 g/mol.